The van der Waals surface area contributed by atoms with Gasteiger partial charge in [0.25, 0.3) is 0 Å². The van der Waals surface area contributed by atoms with Crippen LogP contribution in [0.15, 0.2) is 53.7 Å². The fraction of sp³-hybridized carbons (Fsp3) is 0.364. The van der Waals surface area contributed by atoms with E-state index in [4.69, 9.17) is 14.2 Å². The lowest BCUT2D eigenvalue weighted by Crippen LogP contribution is -2.21. The van der Waals surface area contributed by atoms with Crippen molar-refractivity contribution in [2.75, 3.05) is 19.2 Å². The highest BCUT2D eigenvalue weighted by Gasteiger charge is 2.20. The molecule has 5 rings (SSSR count). The number of aromatic nitrogens is 3. The van der Waals surface area contributed by atoms with Gasteiger partial charge in [0.1, 0.15) is 0 Å². The third-order valence-electron chi connectivity index (χ3n) is 5.20. The van der Waals surface area contributed by atoms with Gasteiger partial charge in [-0.1, -0.05) is 48.2 Å². The van der Waals surface area contributed by atoms with Gasteiger partial charge in [-0.2, -0.15) is 0 Å². The lowest BCUT2D eigenvalue weighted by molar-refractivity contribution is 0.0315. The molecule has 0 spiro atoms. The number of fused-ring (bicyclic) bond motifs is 1. The Morgan fingerprint density at radius 3 is 2.76 bits per heavy atom. The van der Waals surface area contributed by atoms with E-state index in [-0.39, 0.29) is 6.79 Å². The minimum absolute atomic E-state index is 0.281. The molecule has 0 bridgehead atoms. The summed E-state index contributed by atoms with van der Waals surface area (Å²) in [5.74, 6) is 3.36. The quantitative estimate of drug-likeness (QED) is 0.563. The molecule has 150 valence electrons. The highest BCUT2D eigenvalue weighted by molar-refractivity contribution is 7.99. The topological polar surface area (TPSA) is 58.4 Å². The van der Waals surface area contributed by atoms with Gasteiger partial charge in [-0.05, 0) is 37.0 Å². The molecule has 1 fully saturated rings. The second-order valence-electron chi connectivity index (χ2n) is 7.25. The lowest BCUT2D eigenvalue weighted by atomic mass is 10.1. The number of rotatable bonds is 6. The van der Waals surface area contributed by atoms with Crippen molar-refractivity contribution in [3.63, 3.8) is 0 Å². The predicted molar refractivity (Wildman–Crippen MR) is 111 cm³/mol. The van der Waals surface area contributed by atoms with Crippen molar-refractivity contribution >= 4 is 11.8 Å². The van der Waals surface area contributed by atoms with Crippen LogP contribution in [0, 0.1) is 0 Å². The number of benzene rings is 2. The summed E-state index contributed by atoms with van der Waals surface area (Å²) >= 11 is 1.72. The SMILES string of the molecule is c1ccc(-c2nnc(SC[C@@H]3CCCCO3)n2Cc2ccc3c(c2)OCO3)cc1. The summed E-state index contributed by atoms with van der Waals surface area (Å²) in [5, 5.41) is 9.94. The van der Waals surface area contributed by atoms with E-state index in [9.17, 15) is 0 Å². The molecule has 0 amide bonds. The molecule has 3 aromatic rings. The van der Waals surface area contributed by atoms with Crippen LogP contribution in [0.4, 0.5) is 0 Å². The molecular weight excluding hydrogens is 386 g/mol. The monoisotopic (exact) mass is 409 g/mol. The van der Waals surface area contributed by atoms with Gasteiger partial charge in [0, 0.05) is 17.9 Å². The van der Waals surface area contributed by atoms with E-state index in [2.05, 4.69) is 33.0 Å². The summed E-state index contributed by atoms with van der Waals surface area (Å²) in [6.45, 7) is 1.81. The second-order valence-corrected chi connectivity index (χ2v) is 8.23. The maximum atomic E-state index is 5.89. The number of hydrogen-bond acceptors (Lipinski definition) is 6. The van der Waals surface area contributed by atoms with Gasteiger partial charge < -0.3 is 14.2 Å². The molecule has 7 heteroatoms. The Balaban J connectivity index is 1.42. The summed E-state index contributed by atoms with van der Waals surface area (Å²) in [5.41, 5.74) is 2.18. The van der Waals surface area contributed by atoms with Crippen LogP contribution in [0.5, 0.6) is 11.5 Å². The Morgan fingerprint density at radius 2 is 1.90 bits per heavy atom. The maximum absolute atomic E-state index is 5.89. The van der Waals surface area contributed by atoms with E-state index >= 15 is 0 Å². The molecule has 3 heterocycles. The normalized spacial score (nSPS) is 18.1. The minimum atomic E-state index is 0.281. The molecule has 0 saturated carbocycles. The highest BCUT2D eigenvalue weighted by Crippen LogP contribution is 2.34. The number of thioether (sulfide) groups is 1. The Labute approximate surface area is 174 Å². The van der Waals surface area contributed by atoms with Gasteiger partial charge in [0.2, 0.25) is 6.79 Å². The zero-order chi connectivity index (χ0) is 19.5. The molecule has 6 nitrogen and oxygen atoms in total. The van der Waals surface area contributed by atoms with Crippen LogP contribution < -0.4 is 9.47 Å². The van der Waals surface area contributed by atoms with Crippen molar-refractivity contribution in [1.82, 2.24) is 14.8 Å². The molecule has 29 heavy (non-hydrogen) atoms. The Bertz CT molecular complexity index is 971. The van der Waals surface area contributed by atoms with Gasteiger partial charge in [0.05, 0.1) is 12.6 Å². The molecular formula is C22H23N3O3S. The fourth-order valence-electron chi connectivity index (χ4n) is 3.67. The average Bonchev–Trinajstić information content (AvgIpc) is 3.40. The van der Waals surface area contributed by atoms with Crippen molar-refractivity contribution in [3.8, 4) is 22.9 Å². The van der Waals surface area contributed by atoms with E-state index in [1.54, 1.807) is 11.8 Å². The first-order valence-corrected chi connectivity index (χ1v) is 11.0. The second kappa shape index (κ2) is 8.47. The van der Waals surface area contributed by atoms with Crippen molar-refractivity contribution in [2.45, 2.75) is 37.1 Å². The fourth-order valence-corrected chi connectivity index (χ4v) is 4.67. The van der Waals surface area contributed by atoms with Gasteiger partial charge in [-0.3, -0.25) is 4.57 Å². The van der Waals surface area contributed by atoms with Crippen molar-refractivity contribution in [1.29, 1.82) is 0 Å². The van der Waals surface area contributed by atoms with Gasteiger partial charge >= 0.3 is 0 Å². The van der Waals surface area contributed by atoms with Crippen LogP contribution in [0.1, 0.15) is 24.8 Å². The molecule has 0 radical (unpaired) electrons. The highest BCUT2D eigenvalue weighted by atomic mass is 32.2. The average molecular weight is 410 g/mol. The van der Waals surface area contributed by atoms with E-state index in [0.717, 1.165) is 52.4 Å². The van der Waals surface area contributed by atoms with Gasteiger partial charge in [-0.25, -0.2) is 0 Å². The summed E-state index contributed by atoms with van der Waals surface area (Å²) in [4.78, 5) is 0. The van der Waals surface area contributed by atoms with E-state index in [0.29, 0.717) is 12.6 Å². The van der Waals surface area contributed by atoms with E-state index in [1.165, 1.54) is 12.8 Å². The maximum Gasteiger partial charge on any atom is 0.231 e. The Morgan fingerprint density at radius 1 is 1.00 bits per heavy atom. The molecule has 1 atom stereocenters. The molecule has 1 aromatic heterocycles. The van der Waals surface area contributed by atoms with Crippen LogP contribution in [-0.2, 0) is 11.3 Å². The molecule has 2 aliphatic heterocycles. The Hall–Kier alpha value is -2.51. The van der Waals surface area contributed by atoms with Crippen molar-refractivity contribution in [2.24, 2.45) is 0 Å². The van der Waals surface area contributed by atoms with Crippen LogP contribution >= 0.6 is 11.8 Å². The summed E-state index contributed by atoms with van der Waals surface area (Å²) in [6.07, 6.45) is 3.82. The summed E-state index contributed by atoms with van der Waals surface area (Å²) in [7, 11) is 0. The molecule has 1 saturated heterocycles. The van der Waals surface area contributed by atoms with E-state index in [1.807, 2.05) is 30.3 Å². The molecule has 2 aliphatic rings. The standard InChI is InChI=1S/C22H23N3O3S/c1-2-6-17(7-3-1)21-23-24-22(29-14-18-8-4-5-11-26-18)25(21)13-16-9-10-19-20(12-16)28-15-27-19/h1-3,6-7,9-10,12,18H,4-5,8,11,13-15H2/t18-/m0/s1. The molecule has 0 unspecified atom stereocenters. The molecule has 0 N–H and O–H groups in total. The first-order chi connectivity index (χ1) is 14.4. The van der Waals surface area contributed by atoms with E-state index < -0.39 is 0 Å². The number of hydrogen-bond donors (Lipinski definition) is 0. The lowest BCUT2D eigenvalue weighted by Gasteiger charge is -2.22. The smallest absolute Gasteiger partial charge is 0.231 e. The first kappa shape index (κ1) is 18.5. The zero-order valence-electron chi connectivity index (χ0n) is 16.1. The first-order valence-electron chi connectivity index (χ1n) is 9.98. The largest absolute Gasteiger partial charge is 0.454 e. The van der Waals surface area contributed by atoms with Gasteiger partial charge in [-0.15, -0.1) is 10.2 Å². The van der Waals surface area contributed by atoms with Crippen molar-refractivity contribution < 1.29 is 14.2 Å². The Kier molecular flexibility index (Phi) is 5.41. The summed E-state index contributed by atoms with van der Waals surface area (Å²) in [6, 6.07) is 16.3. The summed E-state index contributed by atoms with van der Waals surface area (Å²) < 4.78 is 19.1. The van der Waals surface area contributed by atoms with Crippen LogP contribution in [0.25, 0.3) is 11.4 Å². The van der Waals surface area contributed by atoms with Crippen LogP contribution in [0.2, 0.25) is 0 Å². The third-order valence-corrected chi connectivity index (χ3v) is 6.30. The van der Waals surface area contributed by atoms with Crippen LogP contribution in [0.3, 0.4) is 0 Å². The van der Waals surface area contributed by atoms with Gasteiger partial charge in [0.15, 0.2) is 22.5 Å². The molecule has 2 aromatic carbocycles. The predicted octanol–water partition coefficient (Wildman–Crippen LogP) is 4.38. The minimum Gasteiger partial charge on any atom is -0.454 e. The number of nitrogens with zero attached hydrogens (tertiary/aromatic N) is 3. The third kappa shape index (κ3) is 4.11. The zero-order valence-corrected chi connectivity index (χ0v) is 16.9. The van der Waals surface area contributed by atoms with Crippen molar-refractivity contribution in [3.05, 3.63) is 54.1 Å². The van der Waals surface area contributed by atoms with Crippen LogP contribution in [-0.4, -0.2) is 40.0 Å². The molecule has 0 aliphatic carbocycles. The number of ether oxygens (including phenoxy) is 3.